The lowest BCUT2D eigenvalue weighted by atomic mass is 10.1. The normalized spacial score (nSPS) is 22.4. The zero-order valence-electron chi connectivity index (χ0n) is 18.5. The molecular weight excluding hydrogens is 444 g/mol. The summed E-state index contributed by atoms with van der Waals surface area (Å²) in [6.45, 7) is -0.432. The Morgan fingerprint density at radius 2 is 2.06 bits per heavy atom. The molecule has 0 saturated carbocycles. The van der Waals surface area contributed by atoms with Gasteiger partial charge >= 0.3 is 0 Å². The molecule has 13 nitrogen and oxygen atoms in total. The van der Waals surface area contributed by atoms with E-state index in [9.17, 15) is 15.3 Å². The van der Waals surface area contributed by atoms with Crippen molar-refractivity contribution in [3.8, 4) is 11.7 Å². The molecule has 1 aromatic carbocycles. The molecule has 1 fully saturated rings. The molecule has 5 rings (SSSR count). The van der Waals surface area contributed by atoms with Crippen LogP contribution in [0.4, 0.5) is 5.82 Å². The quantitative estimate of drug-likeness (QED) is 0.280. The Hall–Kier alpha value is -3.65. The van der Waals surface area contributed by atoms with Gasteiger partial charge in [-0.1, -0.05) is 17.3 Å². The van der Waals surface area contributed by atoms with Gasteiger partial charge < -0.3 is 30.1 Å². The van der Waals surface area contributed by atoms with Crippen LogP contribution < -0.4 is 10.1 Å². The van der Waals surface area contributed by atoms with Crippen molar-refractivity contribution in [3.05, 3.63) is 48.0 Å². The molecule has 0 spiro atoms. The first-order chi connectivity index (χ1) is 16.5. The van der Waals surface area contributed by atoms with E-state index in [1.807, 2.05) is 24.3 Å². The van der Waals surface area contributed by atoms with Gasteiger partial charge in [0.05, 0.1) is 31.9 Å². The predicted molar refractivity (Wildman–Crippen MR) is 119 cm³/mol. The third-order valence-corrected chi connectivity index (χ3v) is 5.70. The summed E-state index contributed by atoms with van der Waals surface area (Å²) in [7, 11) is 3.32. The van der Waals surface area contributed by atoms with Gasteiger partial charge in [0.2, 0.25) is 0 Å². The van der Waals surface area contributed by atoms with Gasteiger partial charge in [-0.25, -0.2) is 4.98 Å². The van der Waals surface area contributed by atoms with Gasteiger partial charge in [-0.2, -0.15) is 14.6 Å². The molecule has 0 radical (unpaired) electrons. The minimum absolute atomic E-state index is 0.231. The molecular formula is C21H24N8O5. The average molecular weight is 468 g/mol. The summed E-state index contributed by atoms with van der Waals surface area (Å²) >= 11 is 0. The molecule has 0 bridgehead atoms. The molecule has 1 saturated heterocycles. The number of methoxy groups -OCH3 is 1. The molecule has 4 N–H and O–H groups in total. The molecule has 0 aliphatic carbocycles. The van der Waals surface area contributed by atoms with Crippen molar-refractivity contribution in [2.75, 3.05) is 26.1 Å². The molecule has 4 atom stereocenters. The maximum Gasteiger partial charge on any atom is 0.256 e. The van der Waals surface area contributed by atoms with Gasteiger partial charge in [0, 0.05) is 13.5 Å². The van der Waals surface area contributed by atoms with Crippen LogP contribution in [0.1, 0.15) is 17.5 Å². The van der Waals surface area contributed by atoms with Crippen molar-refractivity contribution >= 4 is 17.0 Å². The largest absolute Gasteiger partial charge is 0.497 e. The van der Waals surface area contributed by atoms with Crippen LogP contribution >= 0.6 is 0 Å². The van der Waals surface area contributed by atoms with Crippen LogP contribution in [-0.2, 0) is 11.2 Å². The Morgan fingerprint density at radius 1 is 1.21 bits per heavy atom. The highest BCUT2D eigenvalue weighted by Gasteiger charge is 2.44. The minimum atomic E-state index is -1.27. The standard InChI is InChI=1S/C21H24N8O5/c1-22-18-15-19(28(10-23-15)20-17(32)16(31)14(9-30)34-20)25-21(24-18)29-8-12(26-27-29)6-11-4-3-5-13(7-11)33-2/h3-5,7-8,10,14,16-17,20,30-32H,6,9H2,1-2H3,(H,22,24,25)/t14-,16-,17-,20-/m1/s1. The summed E-state index contributed by atoms with van der Waals surface area (Å²) in [4.78, 5) is 13.4. The van der Waals surface area contributed by atoms with E-state index in [0.29, 0.717) is 29.1 Å². The molecule has 0 amide bonds. The highest BCUT2D eigenvalue weighted by molar-refractivity contribution is 5.83. The van der Waals surface area contributed by atoms with Gasteiger partial charge in [0.1, 0.15) is 24.1 Å². The number of nitrogens with one attached hydrogen (secondary N) is 1. The predicted octanol–water partition coefficient (Wildman–Crippen LogP) is -0.340. The molecule has 4 heterocycles. The topological polar surface area (TPSA) is 165 Å². The van der Waals surface area contributed by atoms with Crippen LogP contribution in [0.15, 0.2) is 36.8 Å². The Labute approximate surface area is 193 Å². The minimum Gasteiger partial charge on any atom is -0.497 e. The maximum absolute atomic E-state index is 10.5. The van der Waals surface area contributed by atoms with Crippen LogP contribution in [0, 0.1) is 0 Å². The van der Waals surface area contributed by atoms with Crippen molar-refractivity contribution in [2.24, 2.45) is 0 Å². The lowest BCUT2D eigenvalue weighted by Gasteiger charge is -2.16. The molecule has 13 heteroatoms. The highest BCUT2D eigenvalue weighted by atomic mass is 16.6. The summed E-state index contributed by atoms with van der Waals surface area (Å²) < 4.78 is 13.9. The summed E-state index contributed by atoms with van der Waals surface area (Å²) in [5.74, 6) is 1.43. The maximum atomic E-state index is 10.5. The van der Waals surface area contributed by atoms with E-state index in [1.54, 1.807) is 20.4 Å². The number of hydrogen-bond acceptors (Lipinski definition) is 11. The van der Waals surface area contributed by atoms with Crippen molar-refractivity contribution in [3.63, 3.8) is 0 Å². The number of nitrogens with zero attached hydrogens (tertiary/aromatic N) is 7. The summed E-state index contributed by atoms with van der Waals surface area (Å²) in [5.41, 5.74) is 2.52. The number of aliphatic hydroxyl groups is 3. The smallest absolute Gasteiger partial charge is 0.256 e. The summed E-state index contributed by atoms with van der Waals surface area (Å²) in [6.07, 6.45) is -0.703. The Balaban J connectivity index is 1.49. The molecule has 4 aromatic rings. The number of hydrogen-bond donors (Lipinski definition) is 4. The molecule has 1 aliphatic heterocycles. The first kappa shape index (κ1) is 22.2. The van der Waals surface area contributed by atoms with E-state index >= 15 is 0 Å². The molecule has 3 aromatic heterocycles. The third kappa shape index (κ3) is 3.84. The summed E-state index contributed by atoms with van der Waals surface area (Å²) in [6, 6.07) is 7.69. The summed E-state index contributed by atoms with van der Waals surface area (Å²) in [5, 5.41) is 41.4. The van der Waals surface area contributed by atoms with Crippen LogP contribution in [0.3, 0.4) is 0 Å². The molecule has 1 aliphatic rings. The Kier molecular flexibility index (Phi) is 5.83. The van der Waals surface area contributed by atoms with Gasteiger partial charge in [-0.3, -0.25) is 4.57 Å². The number of ether oxygens (including phenoxy) is 2. The van der Waals surface area contributed by atoms with Gasteiger partial charge in [0.25, 0.3) is 5.95 Å². The lowest BCUT2D eigenvalue weighted by Crippen LogP contribution is -2.33. The van der Waals surface area contributed by atoms with Gasteiger partial charge in [0.15, 0.2) is 23.2 Å². The number of imidazole rings is 1. The van der Waals surface area contributed by atoms with Crippen molar-refractivity contribution in [1.82, 2.24) is 34.5 Å². The molecule has 34 heavy (non-hydrogen) atoms. The van der Waals surface area contributed by atoms with Crippen LogP contribution in [0.25, 0.3) is 17.1 Å². The Morgan fingerprint density at radius 3 is 2.79 bits per heavy atom. The second kappa shape index (κ2) is 8.95. The second-order valence-corrected chi connectivity index (χ2v) is 7.86. The van der Waals surface area contributed by atoms with E-state index in [0.717, 1.165) is 11.3 Å². The Bertz CT molecular complexity index is 1310. The number of aliphatic hydroxyl groups excluding tert-OH is 3. The van der Waals surface area contributed by atoms with E-state index < -0.39 is 31.1 Å². The van der Waals surface area contributed by atoms with E-state index in [-0.39, 0.29) is 5.95 Å². The third-order valence-electron chi connectivity index (χ3n) is 5.70. The monoisotopic (exact) mass is 468 g/mol. The van der Waals surface area contributed by atoms with Crippen molar-refractivity contribution in [2.45, 2.75) is 31.0 Å². The zero-order chi connectivity index (χ0) is 23.8. The van der Waals surface area contributed by atoms with E-state index in [2.05, 4.69) is 30.6 Å². The first-order valence-electron chi connectivity index (χ1n) is 10.6. The number of benzene rings is 1. The molecule has 0 unspecified atom stereocenters. The van der Waals surface area contributed by atoms with Gasteiger partial charge in [-0.15, -0.1) is 5.10 Å². The molecule has 178 valence electrons. The number of aromatic nitrogens is 7. The average Bonchev–Trinajstić information content (AvgIpc) is 3.57. The number of anilines is 1. The SMILES string of the molecule is CNc1nc(-n2cc(Cc3cccc(OC)c3)nn2)nc2c1ncn2[C@@H]1O[C@H](CO)[C@@H](O)[C@H]1O. The van der Waals surface area contributed by atoms with Crippen LogP contribution in [0.2, 0.25) is 0 Å². The first-order valence-corrected chi connectivity index (χ1v) is 10.6. The fourth-order valence-electron chi connectivity index (χ4n) is 3.95. The lowest BCUT2D eigenvalue weighted by molar-refractivity contribution is -0.0511. The highest BCUT2D eigenvalue weighted by Crippen LogP contribution is 2.32. The second-order valence-electron chi connectivity index (χ2n) is 7.86. The van der Waals surface area contributed by atoms with Crippen LogP contribution in [-0.4, -0.2) is 88.9 Å². The van der Waals surface area contributed by atoms with E-state index in [4.69, 9.17) is 9.47 Å². The fraction of sp³-hybridized carbons (Fsp3) is 0.381. The fourth-order valence-corrected chi connectivity index (χ4v) is 3.95. The van der Waals surface area contributed by atoms with Gasteiger partial charge in [-0.05, 0) is 17.7 Å². The zero-order valence-corrected chi connectivity index (χ0v) is 18.5. The van der Waals surface area contributed by atoms with Crippen molar-refractivity contribution in [1.29, 1.82) is 0 Å². The van der Waals surface area contributed by atoms with Crippen molar-refractivity contribution < 1.29 is 24.8 Å². The van der Waals surface area contributed by atoms with Crippen LogP contribution in [0.5, 0.6) is 5.75 Å². The van der Waals surface area contributed by atoms with E-state index in [1.165, 1.54) is 15.6 Å². The number of fused-ring (bicyclic) bond motifs is 1. The number of rotatable bonds is 7.